The van der Waals surface area contributed by atoms with E-state index >= 15 is 0 Å². The smallest absolute Gasteiger partial charge is 0.317 e. The van der Waals surface area contributed by atoms with Crippen LogP contribution in [-0.4, -0.2) is 15.6 Å². The average molecular weight is 212 g/mol. The van der Waals surface area contributed by atoms with Gasteiger partial charge in [-0.05, 0) is 18.6 Å². The summed E-state index contributed by atoms with van der Waals surface area (Å²) in [5.74, 6) is 0.900. The molecule has 1 unspecified atom stereocenters. The summed E-state index contributed by atoms with van der Waals surface area (Å²) in [4.78, 5) is 8.24. The fraction of sp³-hybridized carbons (Fsp3) is 1.00. The molecule has 0 amide bonds. The van der Waals surface area contributed by atoms with E-state index in [-0.39, 0.29) is 0 Å². The molecule has 5 heteroatoms. The summed E-state index contributed by atoms with van der Waals surface area (Å²) in [6, 6.07) is 0. The van der Waals surface area contributed by atoms with Crippen molar-refractivity contribution in [2.24, 2.45) is 0 Å². The Bertz CT molecular complexity index is 148. The zero-order chi connectivity index (χ0) is 9.61. The van der Waals surface area contributed by atoms with Crippen molar-refractivity contribution < 1.29 is 14.0 Å². The predicted molar refractivity (Wildman–Crippen MR) is 53.8 cm³/mol. The second-order valence-electron chi connectivity index (χ2n) is 2.42. The van der Waals surface area contributed by atoms with E-state index in [9.17, 15) is 4.57 Å². The third kappa shape index (κ3) is 3.94. The summed E-state index contributed by atoms with van der Waals surface area (Å²) in [5, 5.41) is 0. The standard InChI is InChI=1S/C7H17O3PS/c1-4-7(5-2,12-6-3)10-11(8)9/h11H,4-6H2,1-3H3,(H,8,9). The molecule has 0 fully saturated rings. The van der Waals surface area contributed by atoms with Crippen LogP contribution in [0.4, 0.5) is 0 Å². The number of thioether (sulfide) groups is 1. The van der Waals surface area contributed by atoms with Gasteiger partial charge in [-0.2, -0.15) is 0 Å². The van der Waals surface area contributed by atoms with Gasteiger partial charge in [0.1, 0.15) is 4.93 Å². The van der Waals surface area contributed by atoms with E-state index in [2.05, 4.69) is 0 Å². The molecule has 0 bridgehead atoms. The fourth-order valence-corrected chi connectivity index (χ4v) is 3.04. The number of rotatable bonds is 6. The SMILES string of the molecule is CCSC(CC)(CC)O[PH](=O)O. The van der Waals surface area contributed by atoms with Crippen LogP contribution in [0, 0.1) is 0 Å². The fourth-order valence-electron chi connectivity index (χ4n) is 1.05. The molecule has 12 heavy (non-hydrogen) atoms. The lowest BCUT2D eigenvalue weighted by atomic mass is 10.2. The second-order valence-corrected chi connectivity index (χ2v) is 4.76. The Hall–Kier alpha value is 0.500. The van der Waals surface area contributed by atoms with Crippen molar-refractivity contribution in [3.8, 4) is 0 Å². The van der Waals surface area contributed by atoms with Gasteiger partial charge in [0, 0.05) is 0 Å². The maximum Gasteiger partial charge on any atom is 0.317 e. The van der Waals surface area contributed by atoms with Gasteiger partial charge in [0.2, 0.25) is 0 Å². The molecule has 0 saturated heterocycles. The van der Waals surface area contributed by atoms with Gasteiger partial charge in [-0.15, -0.1) is 11.8 Å². The number of hydrogen-bond donors (Lipinski definition) is 1. The molecule has 0 aromatic heterocycles. The monoisotopic (exact) mass is 212 g/mol. The van der Waals surface area contributed by atoms with Crippen molar-refractivity contribution in [3.05, 3.63) is 0 Å². The Morgan fingerprint density at radius 1 is 1.42 bits per heavy atom. The third-order valence-corrected chi connectivity index (χ3v) is 3.95. The molecule has 1 atom stereocenters. The summed E-state index contributed by atoms with van der Waals surface area (Å²) in [7, 11) is -2.81. The van der Waals surface area contributed by atoms with Crippen LogP contribution >= 0.6 is 20.0 Å². The van der Waals surface area contributed by atoms with E-state index in [1.54, 1.807) is 11.8 Å². The van der Waals surface area contributed by atoms with Crippen LogP contribution in [0.5, 0.6) is 0 Å². The maximum absolute atomic E-state index is 10.6. The van der Waals surface area contributed by atoms with Gasteiger partial charge in [0.25, 0.3) is 0 Å². The molecular formula is C7H17O3PS. The lowest BCUT2D eigenvalue weighted by molar-refractivity contribution is 0.147. The van der Waals surface area contributed by atoms with Crippen LogP contribution in [0.2, 0.25) is 0 Å². The number of hydrogen-bond acceptors (Lipinski definition) is 3. The highest BCUT2D eigenvalue weighted by Crippen LogP contribution is 2.40. The molecule has 0 radical (unpaired) electrons. The molecule has 0 rings (SSSR count). The van der Waals surface area contributed by atoms with E-state index in [0.29, 0.717) is 0 Å². The molecule has 0 aromatic carbocycles. The van der Waals surface area contributed by atoms with Gasteiger partial charge in [-0.25, -0.2) is 0 Å². The van der Waals surface area contributed by atoms with Crippen molar-refractivity contribution in [2.45, 2.75) is 38.5 Å². The van der Waals surface area contributed by atoms with Crippen molar-refractivity contribution in [2.75, 3.05) is 5.75 Å². The van der Waals surface area contributed by atoms with Gasteiger partial charge in [-0.1, -0.05) is 20.8 Å². The Labute approximate surface area is 78.8 Å². The van der Waals surface area contributed by atoms with Crippen LogP contribution in [0.15, 0.2) is 0 Å². The Kier molecular flexibility index (Phi) is 6.28. The predicted octanol–water partition coefficient (Wildman–Crippen LogP) is 2.65. The summed E-state index contributed by atoms with van der Waals surface area (Å²) < 4.78 is 15.6. The lowest BCUT2D eigenvalue weighted by Crippen LogP contribution is -2.24. The van der Waals surface area contributed by atoms with E-state index in [0.717, 1.165) is 18.6 Å². The van der Waals surface area contributed by atoms with Crippen LogP contribution in [0.3, 0.4) is 0 Å². The zero-order valence-electron chi connectivity index (χ0n) is 7.79. The van der Waals surface area contributed by atoms with Gasteiger partial charge >= 0.3 is 8.25 Å². The molecule has 0 saturated carbocycles. The first kappa shape index (κ1) is 12.5. The van der Waals surface area contributed by atoms with Gasteiger partial charge in [0.05, 0.1) is 0 Å². The topological polar surface area (TPSA) is 46.5 Å². The zero-order valence-corrected chi connectivity index (χ0v) is 9.61. The van der Waals surface area contributed by atoms with Crippen molar-refractivity contribution in [1.82, 2.24) is 0 Å². The van der Waals surface area contributed by atoms with Crippen LogP contribution < -0.4 is 0 Å². The van der Waals surface area contributed by atoms with Gasteiger partial charge in [0.15, 0.2) is 0 Å². The van der Waals surface area contributed by atoms with E-state index < -0.39 is 13.2 Å². The van der Waals surface area contributed by atoms with Crippen LogP contribution in [-0.2, 0) is 9.09 Å². The largest absolute Gasteiger partial charge is 0.326 e. The quantitative estimate of drug-likeness (QED) is 0.543. The first-order valence-corrected chi connectivity index (χ1v) is 6.41. The molecule has 0 aliphatic heterocycles. The van der Waals surface area contributed by atoms with Crippen molar-refractivity contribution in [3.63, 3.8) is 0 Å². The molecular weight excluding hydrogens is 195 g/mol. The highest BCUT2D eigenvalue weighted by atomic mass is 32.2. The van der Waals surface area contributed by atoms with E-state index in [1.807, 2.05) is 20.8 Å². The molecule has 1 N–H and O–H groups in total. The molecule has 0 aliphatic rings. The third-order valence-electron chi connectivity index (χ3n) is 1.76. The Morgan fingerprint density at radius 2 is 1.92 bits per heavy atom. The molecule has 74 valence electrons. The summed E-state index contributed by atoms with van der Waals surface area (Å²) >= 11 is 1.60. The first-order chi connectivity index (χ1) is 5.60. The van der Waals surface area contributed by atoms with Crippen molar-refractivity contribution >= 4 is 20.0 Å². The summed E-state index contributed by atoms with van der Waals surface area (Å²) in [5.41, 5.74) is 0. The summed E-state index contributed by atoms with van der Waals surface area (Å²) in [6.07, 6.45) is 1.53. The average Bonchev–Trinajstić information content (AvgIpc) is 2.03. The molecule has 0 heterocycles. The minimum Gasteiger partial charge on any atom is -0.326 e. The maximum atomic E-state index is 10.6. The minimum absolute atomic E-state index is 0.445. The second kappa shape index (κ2) is 6.03. The Morgan fingerprint density at radius 3 is 2.17 bits per heavy atom. The molecule has 0 aromatic rings. The molecule has 3 nitrogen and oxygen atoms in total. The highest BCUT2D eigenvalue weighted by Gasteiger charge is 2.28. The van der Waals surface area contributed by atoms with Gasteiger partial charge in [-0.3, -0.25) is 9.09 Å². The lowest BCUT2D eigenvalue weighted by Gasteiger charge is -2.28. The molecule has 0 spiro atoms. The first-order valence-electron chi connectivity index (χ1n) is 4.16. The van der Waals surface area contributed by atoms with E-state index in [4.69, 9.17) is 9.42 Å². The van der Waals surface area contributed by atoms with Crippen LogP contribution in [0.25, 0.3) is 0 Å². The van der Waals surface area contributed by atoms with E-state index in [1.165, 1.54) is 0 Å². The van der Waals surface area contributed by atoms with Crippen LogP contribution in [0.1, 0.15) is 33.6 Å². The summed E-state index contributed by atoms with van der Waals surface area (Å²) in [6.45, 7) is 5.95. The normalized spacial score (nSPS) is 14.7. The van der Waals surface area contributed by atoms with Gasteiger partial charge < -0.3 is 4.89 Å². The molecule has 0 aliphatic carbocycles. The highest BCUT2D eigenvalue weighted by molar-refractivity contribution is 8.00. The Balaban J connectivity index is 4.23. The van der Waals surface area contributed by atoms with Crippen molar-refractivity contribution in [1.29, 1.82) is 0 Å². The minimum atomic E-state index is -2.81.